The summed E-state index contributed by atoms with van der Waals surface area (Å²) in [4.78, 5) is 2.76. The van der Waals surface area contributed by atoms with Crippen molar-refractivity contribution in [3.63, 3.8) is 0 Å². The summed E-state index contributed by atoms with van der Waals surface area (Å²) >= 11 is 5.89. The fraction of sp³-hybridized carbons (Fsp3) is 0.400. The average molecular weight is 240 g/mol. The van der Waals surface area contributed by atoms with Gasteiger partial charge >= 0.3 is 0 Å². The maximum Gasteiger partial charge on any atom is 0.184 e. The largest absolute Gasteiger partial charge is 0.348 e. The Morgan fingerprint density at radius 1 is 1.38 bits per heavy atom. The number of hydrogen-bond acceptors (Lipinski definition) is 3. The van der Waals surface area contributed by atoms with Gasteiger partial charge in [-0.25, -0.2) is 0 Å². The molecule has 0 bridgehead atoms. The van der Waals surface area contributed by atoms with E-state index in [9.17, 15) is 0 Å². The molecule has 0 saturated carbocycles. The summed E-state index contributed by atoms with van der Waals surface area (Å²) in [5, 5.41) is 4.14. The van der Waals surface area contributed by atoms with E-state index in [1.807, 2.05) is 0 Å². The van der Waals surface area contributed by atoms with E-state index in [4.69, 9.17) is 26.6 Å². The molecule has 0 unspecified atom stereocenters. The molecule has 0 amide bonds. The van der Waals surface area contributed by atoms with Crippen LogP contribution in [0.5, 0.6) is 0 Å². The summed E-state index contributed by atoms with van der Waals surface area (Å²) in [6.07, 6.45) is 0.376. The van der Waals surface area contributed by atoms with E-state index in [-0.39, 0.29) is 0 Å². The Hall–Kier alpha value is -1.26. The number of halogens is 1. The summed E-state index contributed by atoms with van der Waals surface area (Å²) in [7, 11) is 0. The van der Waals surface area contributed by atoms with Gasteiger partial charge in [-0.2, -0.15) is 0 Å². The maximum absolute atomic E-state index is 8.46. The van der Waals surface area contributed by atoms with Crippen LogP contribution in [0.4, 0.5) is 5.69 Å². The van der Waals surface area contributed by atoms with E-state index >= 15 is 0 Å². The summed E-state index contributed by atoms with van der Waals surface area (Å²) in [5.74, 6) is 0. The van der Waals surface area contributed by atoms with Crippen molar-refractivity contribution in [2.45, 2.75) is 12.7 Å². The lowest BCUT2D eigenvalue weighted by Gasteiger charge is -2.24. The third-order valence-electron chi connectivity index (χ3n) is 2.22. The van der Waals surface area contributed by atoms with Crippen LogP contribution in [0.1, 0.15) is 18.3 Å². The topological polar surface area (TPSA) is 67.2 Å². The predicted octanol–water partition coefficient (Wildman–Crippen LogP) is 3.72. The molecular weight excluding hydrogens is 230 g/mol. The number of benzene rings is 1. The zero-order valence-electron chi connectivity index (χ0n) is 8.47. The van der Waals surface area contributed by atoms with Crippen LogP contribution in [0.3, 0.4) is 0 Å². The standard InChI is InChI=1S/C10H10ClN3O2/c11-7-2-3-9(13-14-12)8(6-7)10-15-4-1-5-16-10/h2-3,6,10H,1,4-5H2. The van der Waals surface area contributed by atoms with Gasteiger partial charge in [-0.1, -0.05) is 22.8 Å². The molecular formula is C10H10ClN3O2. The molecule has 1 fully saturated rings. The van der Waals surface area contributed by atoms with Crippen LogP contribution in [-0.4, -0.2) is 13.2 Å². The molecule has 16 heavy (non-hydrogen) atoms. The van der Waals surface area contributed by atoms with E-state index in [1.54, 1.807) is 18.2 Å². The highest BCUT2D eigenvalue weighted by molar-refractivity contribution is 6.30. The molecule has 84 valence electrons. The van der Waals surface area contributed by atoms with Gasteiger partial charge in [0, 0.05) is 21.2 Å². The average Bonchev–Trinajstić information content (AvgIpc) is 2.33. The molecule has 0 aromatic heterocycles. The first-order valence-electron chi connectivity index (χ1n) is 4.89. The molecule has 2 rings (SSSR count). The summed E-state index contributed by atoms with van der Waals surface area (Å²) in [5.41, 5.74) is 9.61. The van der Waals surface area contributed by atoms with Crippen molar-refractivity contribution in [1.29, 1.82) is 0 Å². The molecule has 0 atom stereocenters. The number of rotatable bonds is 2. The fourth-order valence-corrected chi connectivity index (χ4v) is 1.70. The van der Waals surface area contributed by atoms with E-state index in [0.717, 1.165) is 6.42 Å². The third-order valence-corrected chi connectivity index (χ3v) is 2.46. The molecule has 0 aliphatic carbocycles. The first-order valence-corrected chi connectivity index (χ1v) is 5.27. The summed E-state index contributed by atoms with van der Waals surface area (Å²) in [6.45, 7) is 1.26. The molecule has 5 nitrogen and oxygen atoms in total. The van der Waals surface area contributed by atoms with Crippen LogP contribution in [0.25, 0.3) is 10.4 Å². The molecule has 1 aromatic carbocycles. The smallest absolute Gasteiger partial charge is 0.184 e. The quantitative estimate of drug-likeness (QED) is 0.448. The van der Waals surface area contributed by atoms with Crippen LogP contribution in [0.2, 0.25) is 5.02 Å². The predicted molar refractivity (Wildman–Crippen MR) is 59.5 cm³/mol. The van der Waals surface area contributed by atoms with Crippen molar-refractivity contribution >= 4 is 17.3 Å². The highest BCUT2D eigenvalue weighted by Gasteiger charge is 2.19. The first kappa shape index (κ1) is 11.2. The van der Waals surface area contributed by atoms with Gasteiger partial charge in [0.1, 0.15) is 0 Å². The molecule has 1 aliphatic rings. The van der Waals surface area contributed by atoms with Gasteiger partial charge in [0.15, 0.2) is 6.29 Å². The third kappa shape index (κ3) is 2.46. The number of hydrogen-bond donors (Lipinski definition) is 0. The van der Waals surface area contributed by atoms with Crippen molar-refractivity contribution < 1.29 is 9.47 Å². The van der Waals surface area contributed by atoms with Crippen molar-refractivity contribution in [3.8, 4) is 0 Å². The van der Waals surface area contributed by atoms with E-state index in [2.05, 4.69) is 10.0 Å². The number of azide groups is 1. The minimum atomic E-state index is -0.493. The highest BCUT2D eigenvalue weighted by Crippen LogP contribution is 2.33. The Morgan fingerprint density at radius 2 is 2.12 bits per heavy atom. The van der Waals surface area contributed by atoms with Gasteiger partial charge in [-0.3, -0.25) is 0 Å². The second-order valence-corrected chi connectivity index (χ2v) is 3.76. The number of ether oxygens (including phenoxy) is 2. The zero-order chi connectivity index (χ0) is 11.4. The minimum Gasteiger partial charge on any atom is -0.348 e. The van der Waals surface area contributed by atoms with Crippen LogP contribution >= 0.6 is 11.6 Å². The van der Waals surface area contributed by atoms with Gasteiger partial charge in [-0.05, 0) is 24.1 Å². The summed E-state index contributed by atoms with van der Waals surface area (Å²) < 4.78 is 10.9. The van der Waals surface area contributed by atoms with Crippen molar-refractivity contribution in [2.75, 3.05) is 13.2 Å². The van der Waals surface area contributed by atoms with Gasteiger partial charge in [0.25, 0.3) is 0 Å². The Balaban J connectivity index is 2.35. The van der Waals surface area contributed by atoms with Crippen LogP contribution in [0.15, 0.2) is 23.3 Å². The van der Waals surface area contributed by atoms with Crippen molar-refractivity contribution in [1.82, 2.24) is 0 Å². The minimum absolute atomic E-state index is 0.485. The molecule has 1 saturated heterocycles. The Bertz CT molecular complexity index is 426. The SMILES string of the molecule is [N-]=[N+]=Nc1ccc(Cl)cc1C1OCCCO1. The first-order chi connectivity index (χ1) is 7.81. The van der Waals surface area contributed by atoms with Gasteiger partial charge in [0.2, 0.25) is 0 Å². The van der Waals surface area contributed by atoms with Crippen LogP contribution < -0.4 is 0 Å². The maximum atomic E-state index is 8.46. The number of nitrogens with zero attached hydrogens (tertiary/aromatic N) is 3. The Morgan fingerprint density at radius 3 is 2.81 bits per heavy atom. The molecule has 0 spiro atoms. The second kappa shape index (κ2) is 5.18. The van der Waals surface area contributed by atoms with Gasteiger partial charge < -0.3 is 9.47 Å². The molecule has 1 heterocycles. The van der Waals surface area contributed by atoms with E-state index in [0.29, 0.717) is 29.5 Å². The normalized spacial score (nSPS) is 16.8. The molecule has 1 aliphatic heterocycles. The van der Waals surface area contributed by atoms with Crippen molar-refractivity contribution in [2.24, 2.45) is 5.11 Å². The van der Waals surface area contributed by atoms with Gasteiger partial charge in [-0.15, -0.1) is 0 Å². The van der Waals surface area contributed by atoms with E-state index in [1.165, 1.54) is 0 Å². The molecule has 0 radical (unpaired) electrons. The molecule has 0 N–H and O–H groups in total. The lowest BCUT2D eigenvalue weighted by Crippen LogP contribution is -2.17. The zero-order valence-corrected chi connectivity index (χ0v) is 9.22. The fourth-order valence-electron chi connectivity index (χ4n) is 1.52. The van der Waals surface area contributed by atoms with Crippen molar-refractivity contribution in [3.05, 3.63) is 39.2 Å². The van der Waals surface area contributed by atoms with Crippen LogP contribution in [-0.2, 0) is 9.47 Å². The highest BCUT2D eigenvalue weighted by atomic mass is 35.5. The molecule has 6 heteroatoms. The lowest BCUT2D eigenvalue weighted by molar-refractivity contribution is -0.182. The lowest BCUT2D eigenvalue weighted by atomic mass is 10.1. The monoisotopic (exact) mass is 239 g/mol. The second-order valence-electron chi connectivity index (χ2n) is 3.32. The Kier molecular flexibility index (Phi) is 3.64. The van der Waals surface area contributed by atoms with E-state index < -0.39 is 6.29 Å². The Labute approximate surface area is 97.5 Å². The van der Waals surface area contributed by atoms with Gasteiger partial charge in [0.05, 0.1) is 13.2 Å². The molecule has 1 aromatic rings. The van der Waals surface area contributed by atoms with Crippen LogP contribution in [0, 0.1) is 0 Å². The summed E-state index contributed by atoms with van der Waals surface area (Å²) in [6, 6.07) is 5.01.